The number of aryl methyl sites for hydroxylation is 1. The van der Waals surface area contributed by atoms with Gasteiger partial charge in [-0.25, -0.2) is 4.98 Å². The monoisotopic (exact) mass is 292 g/mol. The number of hydrogen-bond acceptors (Lipinski definition) is 3. The molecule has 2 aromatic heterocycles. The zero-order chi connectivity index (χ0) is 13.4. The predicted molar refractivity (Wildman–Crippen MR) is 77.8 cm³/mol. The van der Waals surface area contributed by atoms with Gasteiger partial charge in [0.1, 0.15) is 5.15 Å². The highest BCUT2D eigenvalue weighted by molar-refractivity contribution is 7.12. The Morgan fingerprint density at radius 3 is 2.89 bits per heavy atom. The summed E-state index contributed by atoms with van der Waals surface area (Å²) in [5, 5.41) is 3.31. The Hall–Kier alpha value is -1.39. The van der Waals surface area contributed by atoms with Crippen molar-refractivity contribution < 1.29 is 4.79 Å². The molecular formula is C14H13ClN2OS. The molecule has 0 aromatic carbocycles. The molecule has 0 unspecified atom stereocenters. The van der Waals surface area contributed by atoms with Crippen LogP contribution in [0.15, 0.2) is 30.5 Å². The Morgan fingerprint density at radius 1 is 1.42 bits per heavy atom. The first-order valence-corrected chi connectivity index (χ1v) is 7.31. The quantitative estimate of drug-likeness (QED) is 0.873. The maximum absolute atomic E-state index is 12.1. The van der Waals surface area contributed by atoms with Crippen molar-refractivity contribution in [1.29, 1.82) is 0 Å². The second-order valence-corrected chi connectivity index (χ2v) is 6.46. The molecule has 2 aromatic rings. The normalized spacial score (nSPS) is 21.2. The van der Waals surface area contributed by atoms with Crippen LogP contribution >= 0.6 is 22.9 Å². The Labute approximate surface area is 120 Å². The second kappa shape index (κ2) is 4.94. The average molecular weight is 293 g/mol. The Bertz CT molecular complexity index is 608. The van der Waals surface area contributed by atoms with Crippen LogP contribution in [0.3, 0.4) is 0 Å². The van der Waals surface area contributed by atoms with Gasteiger partial charge in [-0.05, 0) is 37.6 Å². The van der Waals surface area contributed by atoms with Crippen LogP contribution in [-0.4, -0.2) is 10.9 Å². The highest BCUT2D eigenvalue weighted by Crippen LogP contribution is 2.50. The van der Waals surface area contributed by atoms with Crippen LogP contribution in [0.5, 0.6) is 0 Å². The smallest absolute Gasteiger partial charge is 0.228 e. The summed E-state index contributed by atoms with van der Waals surface area (Å²) >= 11 is 7.48. The molecule has 0 aliphatic heterocycles. The molecule has 19 heavy (non-hydrogen) atoms. The fourth-order valence-electron chi connectivity index (χ4n) is 2.14. The maximum Gasteiger partial charge on any atom is 0.228 e. The molecule has 3 rings (SSSR count). The number of carbonyl (C=O) groups is 1. The lowest BCUT2D eigenvalue weighted by Gasteiger charge is -2.03. The van der Waals surface area contributed by atoms with Crippen molar-refractivity contribution in [3.05, 3.63) is 45.4 Å². The van der Waals surface area contributed by atoms with Crippen molar-refractivity contribution in [2.24, 2.45) is 5.92 Å². The zero-order valence-electron chi connectivity index (χ0n) is 10.4. The SMILES string of the molecule is Cc1ccc([C@@H]2C[C@H]2C(=O)Nc2ccc(Cl)nc2)s1. The number of rotatable bonds is 3. The average Bonchev–Trinajstić information content (AvgIpc) is 3.08. The number of aromatic nitrogens is 1. The summed E-state index contributed by atoms with van der Waals surface area (Å²) in [6.07, 6.45) is 2.51. The summed E-state index contributed by atoms with van der Waals surface area (Å²) in [4.78, 5) is 18.6. The summed E-state index contributed by atoms with van der Waals surface area (Å²) in [6, 6.07) is 7.67. The van der Waals surface area contributed by atoms with Crippen molar-refractivity contribution in [3.8, 4) is 0 Å². The molecule has 5 heteroatoms. The number of thiophene rings is 1. The first kappa shape index (κ1) is 12.6. The third-order valence-corrected chi connectivity index (χ3v) is 4.60. The van der Waals surface area contributed by atoms with Crippen molar-refractivity contribution in [3.63, 3.8) is 0 Å². The molecule has 3 nitrogen and oxygen atoms in total. The third kappa shape index (κ3) is 2.80. The first-order valence-electron chi connectivity index (χ1n) is 6.12. The van der Waals surface area contributed by atoms with Gasteiger partial charge < -0.3 is 5.32 Å². The molecule has 1 saturated carbocycles. The molecule has 0 bridgehead atoms. The summed E-state index contributed by atoms with van der Waals surface area (Å²) in [5.41, 5.74) is 0.697. The molecule has 1 N–H and O–H groups in total. The third-order valence-electron chi connectivity index (χ3n) is 3.25. The molecule has 1 amide bonds. The first-order chi connectivity index (χ1) is 9.13. The minimum atomic E-state index is 0.0696. The van der Waals surface area contributed by atoms with E-state index in [1.165, 1.54) is 9.75 Å². The van der Waals surface area contributed by atoms with Gasteiger partial charge in [0, 0.05) is 21.6 Å². The number of pyridine rings is 1. The van der Waals surface area contributed by atoms with Crippen molar-refractivity contribution >= 4 is 34.5 Å². The summed E-state index contributed by atoms with van der Waals surface area (Å²) in [5.74, 6) is 0.549. The maximum atomic E-state index is 12.1. The summed E-state index contributed by atoms with van der Waals surface area (Å²) in [7, 11) is 0. The minimum absolute atomic E-state index is 0.0696. The lowest BCUT2D eigenvalue weighted by Crippen LogP contribution is -2.14. The summed E-state index contributed by atoms with van der Waals surface area (Å²) in [6.45, 7) is 2.09. The van der Waals surface area contributed by atoms with Crippen LogP contribution in [0.1, 0.15) is 22.1 Å². The molecule has 2 heterocycles. The van der Waals surface area contributed by atoms with E-state index in [2.05, 4.69) is 29.4 Å². The fourth-order valence-corrected chi connectivity index (χ4v) is 3.30. The van der Waals surface area contributed by atoms with E-state index in [1.54, 1.807) is 29.7 Å². The number of amides is 1. The van der Waals surface area contributed by atoms with Gasteiger partial charge in [0.15, 0.2) is 0 Å². The van der Waals surface area contributed by atoms with Crippen LogP contribution in [0.2, 0.25) is 5.15 Å². The van der Waals surface area contributed by atoms with Crippen LogP contribution in [0, 0.1) is 12.8 Å². The van der Waals surface area contributed by atoms with Crippen molar-refractivity contribution in [2.45, 2.75) is 19.3 Å². The van der Waals surface area contributed by atoms with Gasteiger partial charge in [0.05, 0.1) is 11.9 Å². The number of anilines is 1. The van der Waals surface area contributed by atoms with Crippen LogP contribution < -0.4 is 5.32 Å². The molecular weight excluding hydrogens is 280 g/mol. The second-order valence-electron chi connectivity index (χ2n) is 4.76. The summed E-state index contributed by atoms with van der Waals surface area (Å²) < 4.78 is 0. The van der Waals surface area contributed by atoms with Gasteiger partial charge in [-0.3, -0.25) is 4.79 Å². The molecule has 1 aliphatic rings. The van der Waals surface area contributed by atoms with Gasteiger partial charge in [0.25, 0.3) is 0 Å². The van der Waals surface area contributed by atoms with E-state index >= 15 is 0 Å². The predicted octanol–water partition coefficient (Wildman–Crippen LogP) is 3.85. The number of halogens is 1. The molecule has 2 atom stereocenters. The molecule has 1 fully saturated rings. The molecule has 0 spiro atoms. The number of nitrogens with zero attached hydrogens (tertiary/aromatic N) is 1. The lowest BCUT2D eigenvalue weighted by atomic mass is 10.2. The topological polar surface area (TPSA) is 42.0 Å². The number of carbonyl (C=O) groups excluding carboxylic acids is 1. The van der Waals surface area contributed by atoms with E-state index in [1.807, 2.05) is 0 Å². The van der Waals surface area contributed by atoms with Crippen LogP contribution in [0.4, 0.5) is 5.69 Å². The van der Waals surface area contributed by atoms with Crippen LogP contribution in [-0.2, 0) is 4.79 Å². The fraction of sp³-hybridized carbons (Fsp3) is 0.286. The van der Waals surface area contributed by atoms with Gasteiger partial charge in [-0.1, -0.05) is 11.6 Å². The highest BCUT2D eigenvalue weighted by atomic mass is 35.5. The molecule has 1 aliphatic carbocycles. The lowest BCUT2D eigenvalue weighted by molar-refractivity contribution is -0.117. The highest BCUT2D eigenvalue weighted by Gasteiger charge is 2.44. The number of nitrogens with one attached hydrogen (secondary N) is 1. The Kier molecular flexibility index (Phi) is 3.29. The van der Waals surface area contributed by atoms with Gasteiger partial charge >= 0.3 is 0 Å². The van der Waals surface area contributed by atoms with E-state index in [0.717, 1.165) is 6.42 Å². The van der Waals surface area contributed by atoms with Crippen LogP contribution in [0.25, 0.3) is 0 Å². The van der Waals surface area contributed by atoms with E-state index in [-0.39, 0.29) is 11.8 Å². The molecule has 98 valence electrons. The van der Waals surface area contributed by atoms with Gasteiger partial charge in [0.2, 0.25) is 5.91 Å². The van der Waals surface area contributed by atoms with E-state index in [0.29, 0.717) is 16.8 Å². The van der Waals surface area contributed by atoms with Crippen molar-refractivity contribution in [1.82, 2.24) is 4.98 Å². The number of hydrogen-bond donors (Lipinski definition) is 1. The van der Waals surface area contributed by atoms with Gasteiger partial charge in [-0.15, -0.1) is 11.3 Å². The standard InChI is InChI=1S/C14H13ClN2OS/c1-8-2-4-12(19-8)10-6-11(10)14(18)17-9-3-5-13(15)16-7-9/h2-5,7,10-11H,6H2,1H3,(H,17,18)/t10-,11-/m1/s1. The van der Waals surface area contributed by atoms with E-state index in [4.69, 9.17) is 11.6 Å². The van der Waals surface area contributed by atoms with Gasteiger partial charge in [-0.2, -0.15) is 0 Å². The Morgan fingerprint density at radius 2 is 2.26 bits per heavy atom. The van der Waals surface area contributed by atoms with E-state index < -0.39 is 0 Å². The van der Waals surface area contributed by atoms with E-state index in [9.17, 15) is 4.79 Å². The van der Waals surface area contributed by atoms with Crippen molar-refractivity contribution in [2.75, 3.05) is 5.32 Å². The molecule has 0 radical (unpaired) electrons. The zero-order valence-corrected chi connectivity index (χ0v) is 12.0. The Balaban J connectivity index is 1.62. The molecule has 0 saturated heterocycles. The minimum Gasteiger partial charge on any atom is -0.324 e. The largest absolute Gasteiger partial charge is 0.324 e.